The van der Waals surface area contributed by atoms with E-state index in [0.717, 1.165) is 0 Å². The molecule has 0 atom stereocenters. The molecule has 1 fully saturated rings. The number of hydrogen-bond acceptors (Lipinski definition) is 2. The Bertz CT molecular complexity index is 125. The normalized spacial score (nSPS) is 18.7. The van der Waals surface area contributed by atoms with E-state index < -0.39 is 0 Å². The quantitative estimate of drug-likeness (QED) is 0.503. The topological polar surface area (TPSA) is 41.6 Å². The Morgan fingerprint density at radius 2 is 2.10 bits per heavy atom. The van der Waals surface area contributed by atoms with Crippen LogP contribution >= 0.6 is 22.9 Å². The van der Waals surface area contributed by atoms with E-state index in [1.807, 2.05) is 22.9 Å². The zero-order valence-electron chi connectivity index (χ0n) is 5.47. The molecule has 0 spiro atoms. The number of hydrogen-bond donors (Lipinski definition) is 1. The van der Waals surface area contributed by atoms with Crippen molar-refractivity contribution >= 4 is 28.9 Å². The summed E-state index contributed by atoms with van der Waals surface area (Å²) < 4.78 is 7.61. The van der Waals surface area contributed by atoms with Crippen LogP contribution in [0.5, 0.6) is 0 Å². The Balaban J connectivity index is 2.31. The number of rotatable bonds is 0. The molecule has 1 saturated heterocycles. The van der Waals surface area contributed by atoms with Crippen LogP contribution in [0.1, 0.15) is 0 Å². The lowest BCUT2D eigenvalue weighted by Gasteiger charge is -2.25. The summed E-state index contributed by atoms with van der Waals surface area (Å²) in [6, 6.07) is -0.0242. The first-order valence-electron chi connectivity index (χ1n) is 3.08. The minimum absolute atomic E-state index is 0.0242. The van der Waals surface area contributed by atoms with E-state index in [9.17, 15) is 4.79 Å². The van der Waals surface area contributed by atoms with Gasteiger partial charge in [0.1, 0.15) is 0 Å². The van der Waals surface area contributed by atoms with Crippen molar-refractivity contribution in [2.45, 2.75) is 0 Å². The number of amides is 2. The fourth-order valence-corrected chi connectivity index (χ4v) is 1.17. The van der Waals surface area contributed by atoms with E-state index in [1.165, 1.54) is 0 Å². The summed E-state index contributed by atoms with van der Waals surface area (Å²) in [5, 5.41) is 0. The highest BCUT2D eigenvalue weighted by atomic mass is 127. The van der Waals surface area contributed by atoms with Gasteiger partial charge in [-0.2, -0.15) is 0 Å². The largest absolute Gasteiger partial charge is 0.378 e. The summed E-state index contributed by atoms with van der Waals surface area (Å²) >= 11 is 1.83. The molecule has 0 aliphatic carbocycles. The van der Waals surface area contributed by atoms with E-state index in [-0.39, 0.29) is 6.03 Å². The molecule has 1 heterocycles. The molecule has 2 amide bonds. The smallest absolute Gasteiger partial charge is 0.326 e. The van der Waals surface area contributed by atoms with Crippen molar-refractivity contribution in [3.8, 4) is 0 Å². The van der Waals surface area contributed by atoms with Crippen LogP contribution in [-0.2, 0) is 4.74 Å². The fraction of sp³-hybridized carbons (Fsp3) is 0.800. The monoisotopic (exact) mass is 256 g/mol. The van der Waals surface area contributed by atoms with E-state index >= 15 is 0 Å². The molecule has 0 aromatic carbocycles. The number of carbonyl (C=O) groups is 1. The van der Waals surface area contributed by atoms with Gasteiger partial charge in [0.25, 0.3) is 0 Å². The number of ether oxygens (including phenoxy) is 1. The summed E-state index contributed by atoms with van der Waals surface area (Å²) in [6.45, 7) is 2.72. The molecular formula is C5H9IN2O2. The van der Waals surface area contributed by atoms with E-state index in [2.05, 4.69) is 3.53 Å². The van der Waals surface area contributed by atoms with Gasteiger partial charge in [-0.05, 0) is 0 Å². The van der Waals surface area contributed by atoms with E-state index in [0.29, 0.717) is 26.3 Å². The average molecular weight is 256 g/mol. The number of nitrogens with zero attached hydrogens (tertiary/aromatic N) is 1. The van der Waals surface area contributed by atoms with Crippen LogP contribution in [0.4, 0.5) is 4.79 Å². The average Bonchev–Trinajstić information content (AvgIpc) is 2.05. The molecule has 1 aliphatic heterocycles. The molecule has 58 valence electrons. The minimum atomic E-state index is -0.0242. The molecule has 0 aromatic rings. The molecule has 0 bridgehead atoms. The predicted octanol–water partition coefficient (Wildman–Crippen LogP) is 0.378. The van der Waals surface area contributed by atoms with Crippen LogP contribution in [0, 0.1) is 0 Å². The predicted molar refractivity (Wildman–Crippen MR) is 44.9 cm³/mol. The summed E-state index contributed by atoms with van der Waals surface area (Å²) in [4.78, 5) is 12.7. The fourth-order valence-electron chi connectivity index (χ4n) is 0.826. The second-order valence-electron chi connectivity index (χ2n) is 2.00. The van der Waals surface area contributed by atoms with Gasteiger partial charge in [-0.3, -0.25) is 3.53 Å². The highest BCUT2D eigenvalue weighted by Gasteiger charge is 2.14. The Labute approximate surface area is 73.4 Å². The second kappa shape index (κ2) is 3.97. The lowest BCUT2D eigenvalue weighted by molar-refractivity contribution is 0.0549. The summed E-state index contributed by atoms with van der Waals surface area (Å²) in [5.74, 6) is 0. The molecular weight excluding hydrogens is 247 g/mol. The molecule has 10 heavy (non-hydrogen) atoms. The van der Waals surface area contributed by atoms with Crippen molar-refractivity contribution in [1.29, 1.82) is 0 Å². The van der Waals surface area contributed by atoms with Gasteiger partial charge in [-0.1, -0.05) is 0 Å². The van der Waals surface area contributed by atoms with Gasteiger partial charge in [-0.25, -0.2) is 4.79 Å². The van der Waals surface area contributed by atoms with Gasteiger partial charge in [0, 0.05) is 13.1 Å². The third-order valence-corrected chi connectivity index (χ3v) is 1.84. The third kappa shape index (κ3) is 1.98. The summed E-state index contributed by atoms with van der Waals surface area (Å²) in [6.07, 6.45) is 0. The number of urea groups is 1. The van der Waals surface area contributed by atoms with Crippen LogP contribution in [0.2, 0.25) is 0 Å². The number of nitrogens with one attached hydrogen (secondary N) is 1. The number of halogens is 1. The zero-order valence-corrected chi connectivity index (χ0v) is 7.63. The highest BCUT2D eigenvalue weighted by Crippen LogP contribution is 1.97. The molecule has 1 rings (SSSR count). The standard InChI is InChI=1S/C5H9IN2O2/c6-7-5(9)8-1-3-10-4-2-8/h1-4H2,(H,7,9). The highest BCUT2D eigenvalue weighted by molar-refractivity contribution is 14.1. The van der Waals surface area contributed by atoms with Crippen LogP contribution in [-0.4, -0.2) is 37.2 Å². The van der Waals surface area contributed by atoms with Gasteiger partial charge < -0.3 is 9.64 Å². The number of carbonyl (C=O) groups excluding carboxylic acids is 1. The first-order chi connectivity index (χ1) is 4.84. The molecule has 0 saturated carbocycles. The molecule has 4 nitrogen and oxygen atoms in total. The maximum absolute atomic E-state index is 10.9. The van der Waals surface area contributed by atoms with Crippen LogP contribution in [0.15, 0.2) is 0 Å². The van der Waals surface area contributed by atoms with Gasteiger partial charge in [0.15, 0.2) is 0 Å². The van der Waals surface area contributed by atoms with Crippen molar-refractivity contribution < 1.29 is 9.53 Å². The molecule has 5 heteroatoms. The van der Waals surface area contributed by atoms with Crippen LogP contribution in [0.25, 0.3) is 0 Å². The summed E-state index contributed by atoms with van der Waals surface area (Å²) in [5.41, 5.74) is 0. The van der Waals surface area contributed by atoms with Gasteiger partial charge >= 0.3 is 6.03 Å². The second-order valence-corrected chi connectivity index (χ2v) is 2.54. The summed E-state index contributed by atoms with van der Waals surface area (Å²) in [7, 11) is 0. The van der Waals surface area contributed by atoms with Crippen molar-refractivity contribution in [2.75, 3.05) is 26.3 Å². The number of morpholine rings is 1. The van der Waals surface area contributed by atoms with Crippen molar-refractivity contribution in [3.63, 3.8) is 0 Å². The van der Waals surface area contributed by atoms with Gasteiger partial charge in [0.2, 0.25) is 0 Å². The van der Waals surface area contributed by atoms with Crippen molar-refractivity contribution in [1.82, 2.24) is 8.43 Å². The zero-order chi connectivity index (χ0) is 7.40. The van der Waals surface area contributed by atoms with Gasteiger partial charge in [0.05, 0.1) is 36.1 Å². The Kier molecular flexibility index (Phi) is 3.20. The SMILES string of the molecule is O=C(NI)N1CCOCC1. The lowest BCUT2D eigenvalue weighted by Crippen LogP contribution is -2.43. The van der Waals surface area contributed by atoms with Crippen LogP contribution in [0.3, 0.4) is 0 Å². The first-order valence-corrected chi connectivity index (χ1v) is 4.16. The Hall–Kier alpha value is -0.0400. The molecule has 0 unspecified atom stereocenters. The third-order valence-electron chi connectivity index (χ3n) is 1.38. The molecule has 0 radical (unpaired) electrons. The van der Waals surface area contributed by atoms with E-state index in [4.69, 9.17) is 4.74 Å². The Morgan fingerprint density at radius 1 is 1.50 bits per heavy atom. The molecule has 1 N–H and O–H groups in total. The van der Waals surface area contributed by atoms with Crippen molar-refractivity contribution in [2.24, 2.45) is 0 Å². The Morgan fingerprint density at radius 3 is 2.60 bits per heavy atom. The first kappa shape index (κ1) is 8.06. The van der Waals surface area contributed by atoms with Crippen LogP contribution < -0.4 is 3.53 Å². The molecule has 1 aliphatic rings. The minimum Gasteiger partial charge on any atom is -0.378 e. The molecule has 0 aromatic heterocycles. The van der Waals surface area contributed by atoms with Gasteiger partial charge in [-0.15, -0.1) is 0 Å². The lowest BCUT2D eigenvalue weighted by atomic mass is 10.4. The van der Waals surface area contributed by atoms with E-state index in [1.54, 1.807) is 4.90 Å². The maximum atomic E-state index is 10.9. The maximum Gasteiger partial charge on any atom is 0.326 e. The van der Waals surface area contributed by atoms with Crippen molar-refractivity contribution in [3.05, 3.63) is 0 Å².